The Morgan fingerprint density at radius 1 is 1.26 bits per heavy atom. The molecular formula is C21H31NS. The molecule has 1 unspecified atom stereocenters. The van der Waals surface area contributed by atoms with Gasteiger partial charge in [0.1, 0.15) is 0 Å². The van der Waals surface area contributed by atoms with E-state index in [-0.39, 0.29) is 0 Å². The van der Waals surface area contributed by atoms with Crippen molar-refractivity contribution in [1.29, 1.82) is 0 Å². The zero-order valence-electron chi connectivity index (χ0n) is 15.2. The molecule has 0 amide bonds. The Labute approximate surface area is 147 Å². The predicted octanol–water partition coefficient (Wildman–Crippen LogP) is 7.01. The van der Waals surface area contributed by atoms with Crippen LogP contribution in [0.4, 0.5) is 5.69 Å². The summed E-state index contributed by atoms with van der Waals surface area (Å²) in [4.78, 5) is 1.17. The zero-order valence-corrected chi connectivity index (χ0v) is 16.0. The minimum Gasteiger partial charge on any atom is -0.326 e. The zero-order chi connectivity index (χ0) is 17.3. The van der Waals surface area contributed by atoms with Gasteiger partial charge < -0.3 is 4.72 Å². The second-order valence-corrected chi connectivity index (χ2v) is 7.87. The van der Waals surface area contributed by atoms with Crippen molar-refractivity contribution in [3.63, 3.8) is 0 Å². The van der Waals surface area contributed by atoms with E-state index in [4.69, 9.17) is 0 Å². The van der Waals surface area contributed by atoms with Gasteiger partial charge >= 0.3 is 0 Å². The molecule has 0 radical (unpaired) electrons. The fraction of sp³-hybridized carbons (Fsp3) is 0.429. The molecule has 1 rings (SSSR count). The first-order valence-electron chi connectivity index (χ1n) is 8.34. The number of rotatable bonds is 8. The number of benzene rings is 1. The average Bonchev–Trinajstić information content (AvgIpc) is 2.53. The number of allylic oxidation sites excluding steroid dienone is 4. The van der Waals surface area contributed by atoms with Crippen LogP contribution in [0.5, 0.6) is 0 Å². The molecule has 1 aromatic rings. The highest BCUT2D eigenvalue weighted by Crippen LogP contribution is 2.29. The van der Waals surface area contributed by atoms with Crippen molar-refractivity contribution in [2.45, 2.75) is 47.5 Å². The summed E-state index contributed by atoms with van der Waals surface area (Å²) in [6, 6.07) is 8.78. The molecule has 1 atom stereocenters. The lowest BCUT2D eigenvalue weighted by Gasteiger charge is -2.27. The van der Waals surface area contributed by atoms with Crippen molar-refractivity contribution in [3.05, 3.63) is 65.6 Å². The second-order valence-electron chi connectivity index (χ2n) is 6.99. The maximum atomic E-state index is 3.70. The largest absolute Gasteiger partial charge is 0.326 e. The third-order valence-electron chi connectivity index (χ3n) is 4.27. The van der Waals surface area contributed by atoms with E-state index in [1.807, 2.05) is 19.1 Å². The van der Waals surface area contributed by atoms with E-state index < -0.39 is 0 Å². The lowest BCUT2D eigenvalue weighted by atomic mass is 9.79. The van der Waals surface area contributed by atoms with Gasteiger partial charge in [-0.25, -0.2) is 0 Å². The highest BCUT2D eigenvalue weighted by molar-refractivity contribution is 8.04. The van der Waals surface area contributed by atoms with Crippen LogP contribution in [-0.2, 0) is 6.42 Å². The molecule has 0 heterocycles. The van der Waals surface area contributed by atoms with Crippen LogP contribution in [0.25, 0.3) is 0 Å². The Morgan fingerprint density at radius 2 is 1.91 bits per heavy atom. The van der Waals surface area contributed by atoms with E-state index >= 15 is 0 Å². The summed E-state index contributed by atoms with van der Waals surface area (Å²) in [6.45, 7) is 15.0. The number of hydrogen-bond donors (Lipinski definition) is 1. The molecule has 0 saturated carbocycles. The number of hydrogen-bond acceptors (Lipinski definition) is 2. The number of nitrogens with one attached hydrogen (secondary N) is 1. The number of aryl methyl sites for hydroxylation is 1. The Morgan fingerprint density at radius 3 is 2.43 bits per heavy atom. The van der Waals surface area contributed by atoms with Crippen LogP contribution in [0.15, 0.2) is 60.1 Å². The quantitative estimate of drug-likeness (QED) is 0.407. The Kier molecular flexibility index (Phi) is 8.25. The standard InChI is InChI=1S/C21H31NS/c1-7-9-10-20(8-2)23-22-19-15-13-18(14-16-19)12-11-17(3)21(4,5)6/h7-10,13-17,22H,1,11-12H2,2-6H3/b10-9-,20-8+. The van der Waals surface area contributed by atoms with Crippen LogP contribution >= 0.6 is 11.9 Å². The molecule has 23 heavy (non-hydrogen) atoms. The van der Waals surface area contributed by atoms with Gasteiger partial charge in [-0.15, -0.1) is 0 Å². The van der Waals surface area contributed by atoms with Gasteiger partial charge in [-0.2, -0.15) is 0 Å². The maximum Gasteiger partial charge on any atom is 0.0443 e. The molecule has 0 fully saturated rings. The third-order valence-corrected chi connectivity index (χ3v) is 5.21. The van der Waals surface area contributed by atoms with Crippen molar-refractivity contribution in [3.8, 4) is 0 Å². The topological polar surface area (TPSA) is 12.0 Å². The molecule has 1 N–H and O–H groups in total. The minimum atomic E-state index is 0.389. The van der Waals surface area contributed by atoms with E-state index in [0.717, 1.165) is 18.0 Å². The molecule has 0 aromatic heterocycles. The fourth-order valence-electron chi connectivity index (χ4n) is 2.03. The summed E-state index contributed by atoms with van der Waals surface area (Å²) < 4.78 is 3.38. The molecule has 126 valence electrons. The SMILES string of the molecule is C=C/C=C\C(=C/C)SNc1ccc(CCC(C)C(C)(C)C)cc1. The highest BCUT2D eigenvalue weighted by atomic mass is 32.2. The number of anilines is 1. The minimum absolute atomic E-state index is 0.389. The summed E-state index contributed by atoms with van der Waals surface area (Å²) in [5.41, 5.74) is 2.93. The maximum absolute atomic E-state index is 3.70. The Bertz CT molecular complexity index is 532. The smallest absolute Gasteiger partial charge is 0.0443 e. The molecule has 0 saturated heterocycles. The van der Waals surface area contributed by atoms with Crippen molar-refractivity contribution in [2.75, 3.05) is 4.72 Å². The normalized spacial score (nSPS) is 14.0. The summed E-state index contributed by atoms with van der Waals surface area (Å²) in [7, 11) is 0. The molecule has 0 bridgehead atoms. The first kappa shape index (κ1) is 19.6. The van der Waals surface area contributed by atoms with Gasteiger partial charge in [0.25, 0.3) is 0 Å². The van der Waals surface area contributed by atoms with Gasteiger partial charge in [0.2, 0.25) is 0 Å². The van der Waals surface area contributed by atoms with Crippen LogP contribution in [0.1, 0.15) is 46.6 Å². The average molecular weight is 330 g/mol. The Hall–Kier alpha value is -1.41. The van der Waals surface area contributed by atoms with Crippen LogP contribution in [0, 0.1) is 11.3 Å². The van der Waals surface area contributed by atoms with E-state index in [2.05, 4.69) is 69.3 Å². The summed E-state index contributed by atoms with van der Waals surface area (Å²) in [6.07, 6.45) is 10.3. The summed E-state index contributed by atoms with van der Waals surface area (Å²) in [5, 5.41) is 0. The molecule has 2 heteroatoms. The Balaban J connectivity index is 2.50. The van der Waals surface area contributed by atoms with Crippen LogP contribution in [0.2, 0.25) is 0 Å². The van der Waals surface area contributed by atoms with E-state index in [9.17, 15) is 0 Å². The van der Waals surface area contributed by atoms with Crippen LogP contribution in [0.3, 0.4) is 0 Å². The monoisotopic (exact) mass is 329 g/mol. The van der Waals surface area contributed by atoms with Crippen LogP contribution < -0.4 is 4.72 Å². The van der Waals surface area contributed by atoms with Gasteiger partial charge in [-0.3, -0.25) is 0 Å². The van der Waals surface area contributed by atoms with Gasteiger partial charge in [0.15, 0.2) is 0 Å². The molecule has 0 aliphatic rings. The van der Waals surface area contributed by atoms with E-state index in [1.165, 1.54) is 16.9 Å². The molecule has 1 aromatic carbocycles. The van der Waals surface area contributed by atoms with Gasteiger partial charge in [-0.1, -0.05) is 64.6 Å². The predicted molar refractivity (Wildman–Crippen MR) is 108 cm³/mol. The van der Waals surface area contributed by atoms with Gasteiger partial charge in [0, 0.05) is 10.6 Å². The van der Waals surface area contributed by atoms with Crippen molar-refractivity contribution in [1.82, 2.24) is 0 Å². The molecular weight excluding hydrogens is 298 g/mol. The summed E-state index contributed by atoms with van der Waals surface area (Å²) in [5.74, 6) is 0.727. The van der Waals surface area contributed by atoms with Crippen molar-refractivity contribution in [2.24, 2.45) is 11.3 Å². The third kappa shape index (κ3) is 7.60. The van der Waals surface area contributed by atoms with Gasteiger partial charge in [-0.05, 0) is 66.8 Å². The molecule has 0 aliphatic heterocycles. The van der Waals surface area contributed by atoms with E-state index in [1.54, 1.807) is 18.0 Å². The molecule has 0 aliphatic carbocycles. The highest BCUT2D eigenvalue weighted by Gasteiger charge is 2.19. The fourth-order valence-corrected chi connectivity index (χ4v) is 2.66. The van der Waals surface area contributed by atoms with Crippen molar-refractivity contribution >= 4 is 17.6 Å². The van der Waals surface area contributed by atoms with Gasteiger partial charge in [0.05, 0.1) is 0 Å². The second kappa shape index (κ2) is 9.67. The lowest BCUT2D eigenvalue weighted by Crippen LogP contribution is -2.17. The first-order valence-corrected chi connectivity index (χ1v) is 9.15. The van der Waals surface area contributed by atoms with Crippen LogP contribution in [-0.4, -0.2) is 0 Å². The lowest BCUT2D eigenvalue weighted by molar-refractivity contribution is 0.247. The summed E-state index contributed by atoms with van der Waals surface area (Å²) >= 11 is 1.62. The van der Waals surface area contributed by atoms with E-state index in [0.29, 0.717) is 5.41 Å². The molecule has 0 spiro atoms. The first-order chi connectivity index (χ1) is 10.9. The van der Waals surface area contributed by atoms with Crippen molar-refractivity contribution < 1.29 is 0 Å². The molecule has 1 nitrogen and oxygen atoms in total.